The van der Waals surface area contributed by atoms with E-state index in [0.29, 0.717) is 22.9 Å². The fourth-order valence-electron chi connectivity index (χ4n) is 5.92. The van der Waals surface area contributed by atoms with Crippen molar-refractivity contribution in [3.8, 4) is 5.75 Å². The SMILES string of the molecule is CCOc1cc(C(=O)N2[C@@H](c3nccs3)[C@@H](COC)C[C@@]2(Cn2ccc(C)n2)C(=O)O)ccc1C(C)(CC)CC.[HH].[HH].[HH].[HH].[HH].[HH].[HH].[HH].[HH].[HH].[HH].[HH].[HH].[HH].[HH].[HH].[HH].[HH].[HH].[HH].[HH].[HH].[HH].[HH].[HH].[HH].[HH].[HH].[HH].[HH].[HH].[HH].[HH].[HH].[HH].[HH].[HH].[HH].[HH].[HH].[HH].[HH].[HH].[HH].[HH].[HH].[HH].[HH].[HH].[HH].[HH].[HH].[HH].[HH].[HH].[HH].[HH].[HH].[HH].[HH].[HH].[HH].[HH].[HH].[HH].[HH].[HH].[HH].[HH].[HH].[HH].[HH].[HH].[HH].[HH].[HH].[HH].[HH].[HH].[HH].[HH].[HH].[HH].[HH].[HH].[HH].[HH].[HH].[HH].[HH].[HH].[HH].[HH].[HH].[HH].[HH].[HH].[HH].[HH].[HH].[HH].[HH].[HH].[HH].[HH].[HH].[HH].[HH].[HH].[HH].[HH].[HH].[HH].[HH].[HH].[HH].[HH].[HH].[HH].[HH].[HH].[HH].[HH].[HH].[HH].[HH].[HH].[HH].[HH].[HH].[HH].[HH].[HH].[HH].[HH].[HH].[HH].[HH].[HH].[HH].[HH].[HH].[HH].[HH].[HH].[HH].[HH].[HH].[HH].[HH].[HH].[HH].[HH].[HH].[HH].[HH].[HH].[HH].[HH].[HH].[HH].[HH].[HH].[HH].[HH].[HH].[HH].[HH].[HH].[HH].[HH].[HH].[HH].[HH].[HH].[HH].[HH].[HH].[HH].[HH].[HH].[HH].[HH].[HH].[HH].[HH].[HH].[HH].[HH].[HH].[HH].[HH].[HH].[HH].[HH].[HH].[HH].[HH].[HH].[HH]. The van der Waals surface area contributed by atoms with Crippen LogP contribution in [0.2, 0.25) is 0 Å². The average molecular weight is 972 g/mol. The molecule has 10 heteroatoms. The number of amides is 1. The van der Waals surface area contributed by atoms with Crippen LogP contribution in [0, 0.1) is 12.8 Å². The lowest BCUT2D eigenvalue weighted by molar-refractivity contribution is -0.150. The molecule has 2 aromatic heterocycles. The van der Waals surface area contributed by atoms with Gasteiger partial charge in [-0.3, -0.25) is 9.48 Å². The molecule has 1 aromatic carbocycles. The second-order valence-electron chi connectivity index (χ2n) is 10.8. The number of carboxylic acid groups (broad SMARTS) is 1. The minimum atomic E-state index is -1.57. The minimum absolute atomic E-state index is 0. The van der Waals surface area contributed by atoms with Crippen LogP contribution in [0.15, 0.2) is 42.0 Å². The average Bonchev–Trinajstić information content (AvgIpc) is 3.68. The van der Waals surface area contributed by atoms with Gasteiger partial charge in [-0.25, -0.2) is 9.78 Å². The molecule has 0 radical (unpaired) electrons. The largest absolute Gasteiger partial charge is 0.494 e. The number of rotatable bonds is 12. The molecule has 3 aromatic rings. The molecular weight excluding hydrogens is 528 g/mol. The molecule has 4 rings (SSSR count). The summed E-state index contributed by atoms with van der Waals surface area (Å²) < 4.78 is 13.2. The van der Waals surface area contributed by atoms with Gasteiger partial charge >= 0.3 is 5.97 Å². The number of aromatic nitrogens is 3. The van der Waals surface area contributed by atoms with E-state index < -0.39 is 17.6 Å². The van der Waals surface area contributed by atoms with E-state index >= 15 is 0 Å². The number of hydrogen-bond acceptors (Lipinski definition) is 7. The summed E-state index contributed by atoms with van der Waals surface area (Å²) in [6.07, 6.45) is 5.47. The molecule has 3 heterocycles. The van der Waals surface area contributed by atoms with Gasteiger partial charge in [-0.2, -0.15) is 5.10 Å². The smallest absolute Gasteiger partial charge is 0.331 e. The van der Waals surface area contributed by atoms with Crippen LogP contribution in [0.3, 0.4) is 0 Å². The van der Waals surface area contributed by atoms with Gasteiger partial charge in [-0.15, -0.1) is 11.3 Å². The molecule has 0 bridgehead atoms. The third-order valence-electron chi connectivity index (χ3n) is 8.42. The van der Waals surface area contributed by atoms with Gasteiger partial charge in [-0.1, -0.05) is 26.8 Å². The van der Waals surface area contributed by atoms with Crippen LogP contribution in [0.1, 0.15) is 365 Å². The van der Waals surface area contributed by atoms with Gasteiger partial charge < -0.3 is 19.5 Å². The zero-order valence-corrected chi connectivity index (χ0v) is 25.0. The van der Waals surface area contributed by atoms with Crippen molar-refractivity contribution in [1.82, 2.24) is 19.7 Å². The van der Waals surface area contributed by atoms with Crippen molar-refractivity contribution in [1.29, 1.82) is 0 Å². The molecular formula is C30H440N4O5S. The lowest BCUT2D eigenvalue weighted by atomic mass is 9.77. The monoisotopic (exact) mass is 971 g/mol. The van der Waals surface area contributed by atoms with E-state index in [1.54, 1.807) is 36.3 Å². The Morgan fingerprint density at radius 2 is 2.00 bits per heavy atom. The number of nitrogens with zero attached hydrogens (tertiary/aromatic N) is 4. The Bertz CT molecular complexity index is 1480. The topological polar surface area (TPSA) is 107 Å². The first-order chi connectivity index (χ1) is 19.1. The molecule has 0 saturated carbocycles. The highest BCUT2D eigenvalue weighted by Gasteiger charge is 2.60. The van der Waals surface area contributed by atoms with Gasteiger partial charge in [0.25, 0.3) is 5.91 Å². The Labute approximate surface area is 537 Å². The number of aryl methyl sites for hydroxylation is 1. The fourth-order valence-corrected chi connectivity index (χ4v) is 6.74. The third-order valence-corrected chi connectivity index (χ3v) is 9.27. The Morgan fingerprint density at radius 3 is 2.55 bits per heavy atom. The number of aliphatic carboxylic acids is 1. The molecule has 1 N–H and O–H groups in total. The van der Waals surface area contributed by atoms with Crippen molar-refractivity contribution in [2.75, 3.05) is 20.3 Å². The summed E-state index contributed by atoms with van der Waals surface area (Å²) in [4.78, 5) is 33.9. The summed E-state index contributed by atoms with van der Waals surface area (Å²) in [5.41, 5.74) is 0.510. The van der Waals surface area contributed by atoms with Crippen LogP contribution in [-0.4, -0.2) is 62.5 Å². The van der Waals surface area contributed by atoms with Crippen LogP contribution >= 0.6 is 11.3 Å². The van der Waals surface area contributed by atoms with Gasteiger partial charge in [0, 0.05) is 327 Å². The number of carbonyl (C=O) groups is 2. The van der Waals surface area contributed by atoms with E-state index in [2.05, 4.69) is 30.9 Å². The number of methoxy groups -OCH3 is 1. The fraction of sp³-hybridized carbons (Fsp3) is 0.533. The first-order valence-corrected chi connectivity index (χ1v) is 14.7. The van der Waals surface area contributed by atoms with Crippen molar-refractivity contribution in [2.24, 2.45) is 5.92 Å². The molecule has 616 valence electrons. The van der Waals surface area contributed by atoms with Gasteiger partial charge in [0.15, 0.2) is 5.54 Å². The first-order valence-electron chi connectivity index (χ1n) is 13.9. The molecule has 40 heavy (non-hydrogen) atoms. The van der Waals surface area contributed by atoms with Crippen LogP contribution in [0.4, 0.5) is 0 Å². The Morgan fingerprint density at radius 1 is 1.25 bits per heavy atom. The summed E-state index contributed by atoms with van der Waals surface area (Å²) in [6.45, 7) is 11.0. The zero-order valence-electron chi connectivity index (χ0n) is 24.2. The summed E-state index contributed by atoms with van der Waals surface area (Å²) >= 11 is 1.41. The van der Waals surface area contributed by atoms with Crippen molar-refractivity contribution in [2.45, 2.75) is 77.4 Å². The summed E-state index contributed by atoms with van der Waals surface area (Å²) in [5, 5.41) is 17.8. The van der Waals surface area contributed by atoms with E-state index in [1.807, 2.05) is 31.4 Å². The normalized spacial score (nSPS) is 21.1. The van der Waals surface area contributed by atoms with Gasteiger partial charge in [0.05, 0.1) is 31.5 Å². The van der Waals surface area contributed by atoms with Crippen molar-refractivity contribution < 1.29 is 309 Å². The van der Waals surface area contributed by atoms with Gasteiger partial charge in [-0.05, 0) is 56.7 Å². The summed E-state index contributed by atoms with van der Waals surface area (Å²) in [5.74, 6) is -1.09. The van der Waals surface area contributed by atoms with Crippen molar-refractivity contribution in [3.05, 3.63) is 63.9 Å². The molecule has 1 aliphatic heterocycles. The number of likely N-dealkylation sites (tertiary alicyclic amines) is 1. The molecule has 1 saturated heterocycles. The zero-order chi connectivity index (χ0) is 29.1. The highest BCUT2D eigenvalue weighted by molar-refractivity contribution is 7.09. The van der Waals surface area contributed by atoms with Gasteiger partial charge in [0.2, 0.25) is 0 Å². The van der Waals surface area contributed by atoms with Crippen LogP contribution in [-0.2, 0) is 21.5 Å². The quantitative estimate of drug-likeness (QED) is 0.193. The van der Waals surface area contributed by atoms with E-state index in [9.17, 15) is 14.7 Å². The maximum absolute atomic E-state index is 14.6. The number of thiazole rings is 1. The van der Waals surface area contributed by atoms with E-state index in [-0.39, 0.29) is 322 Å². The highest BCUT2D eigenvalue weighted by Crippen LogP contribution is 2.49. The Kier molecular flexibility index (Phi) is 8.99. The molecule has 1 fully saturated rings. The minimum Gasteiger partial charge on any atom is -0.494 e. The highest BCUT2D eigenvalue weighted by atomic mass is 32.1. The Hall–Kier alpha value is -3.24. The lowest BCUT2D eigenvalue weighted by Crippen LogP contribution is -2.56. The number of carboxylic acids is 1. The number of carbonyl (C=O) groups excluding carboxylic acids is 1. The second kappa shape index (κ2) is 12.1. The van der Waals surface area contributed by atoms with E-state index in [0.717, 1.165) is 24.1 Å². The number of ether oxygens (including phenoxy) is 2. The maximum atomic E-state index is 14.6. The van der Waals surface area contributed by atoms with Gasteiger partial charge in [0.1, 0.15) is 10.8 Å². The summed E-state index contributed by atoms with van der Waals surface area (Å²) in [6, 6.07) is 6.79. The van der Waals surface area contributed by atoms with Crippen LogP contribution in [0.25, 0.3) is 0 Å². The van der Waals surface area contributed by atoms with E-state index in [4.69, 9.17) is 9.47 Å². The molecule has 3 atom stereocenters. The predicted molar refractivity (Wildman–Crippen MR) is 577 cm³/mol. The van der Waals surface area contributed by atoms with E-state index in [1.165, 1.54) is 16.2 Å². The van der Waals surface area contributed by atoms with Crippen molar-refractivity contribution in [3.63, 3.8) is 0 Å². The molecule has 0 aliphatic carbocycles. The molecule has 9 nitrogen and oxygen atoms in total. The predicted octanol–water partition coefficient (Wildman–Crippen LogP) is 54.7. The first kappa shape index (κ1) is 29.7. The lowest BCUT2D eigenvalue weighted by Gasteiger charge is -2.38. The third kappa shape index (κ3) is 5.39. The summed E-state index contributed by atoms with van der Waals surface area (Å²) in [7, 11) is 1.59. The number of hydrogen-bond donors (Lipinski definition) is 1. The standard InChI is InChI=1S/C30H40N4O5S.200H2/c1-7-29(5,8-2)23-11-10-21(16-24(23)39-9-3)27(35)34-25(26-31-13-15-40-26)22(18-38-6)17-30(34,28(36)37)19-33-14-12-20(4)32-33;;;;;;;;;;;;;;;;;;;;;;;;;;;;;;;;;;;;;;;;;;;;;;;;;;;;;;;;;;;;;;;;;;;;;;;;;;;;;;;;;;;;;;;;;;;;;;;;;;;;;;;;;;;;;;;;;;;;;;;;;;;;;;;;;;;;;;;;;;;;;;;;;;;;;;;;;;;;;;;;;;;;;;;;;;;;;;;;;;;;;;;;;;;;;;;;;;;;;;;;/h10-16,22,25H,7-9,17-19H2,1-6H3,(H,36,37);200*1H/t22-,25-,30-;;;;;;;;;;;;;;;;;;;;;;;;;;;;;;;;;;;;;;;;;;;;;;;;;;;;;;;;;;;;;;;;;;;;;;;;;;;;;;;;;;;;;;;;;;;;;;;;;;;;;;;;;;;;;;;;;;;;;;;;;;;;;;;;;;;;;;;;;;;;;;;;;;;;;;;;;;;;;;;;;;;;;;;;;;;;;;;;;;;;;;;;;;;;;;;;;;;;;;;;/m1......................................................................................................................................................................................................../s1. The van der Waals surface area contributed by atoms with Crippen molar-refractivity contribution >= 4 is 23.2 Å². The van der Waals surface area contributed by atoms with Crippen LogP contribution in [0.5, 0.6) is 5.75 Å². The second-order valence-corrected chi connectivity index (χ2v) is 11.7. The number of benzene rings is 1. The maximum Gasteiger partial charge on any atom is 0.331 e. The molecule has 1 aliphatic rings. The molecule has 0 unspecified atom stereocenters. The molecule has 1 amide bonds. The molecule has 0 spiro atoms. The van der Waals surface area contributed by atoms with Crippen LogP contribution < -0.4 is 4.74 Å². The Balaban J connectivity index is -0.000000000474.